The van der Waals surface area contributed by atoms with Crippen LogP contribution in [0.2, 0.25) is 0 Å². The predicted molar refractivity (Wildman–Crippen MR) is 97.6 cm³/mol. The first kappa shape index (κ1) is 15.7. The van der Waals surface area contributed by atoms with Crippen molar-refractivity contribution in [1.82, 2.24) is 9.47 Å². The molecule has 3 aliphatic heterocycles. The average Bonchev–Trinajstić information content (AvgIpc) is 2.98. The van der Waals surface area contributed by atoms with Crippen LogP contribution in [0.3, 0.4) is 0 Å². The summed E-state index contributed by atoms with van der Waals surface area (Å²) in [5.41, 5.74) is 4.68. The number of ether oxygens (including phenoxy) is 1. The fourth-order valence-electron chi connectivity index (χ4n) is 5.25. The number of carbonyl (C=O) groups is 2. The lowest BCUT2D eigenvalue weighted by Gasteiger charge is -2.46. The molecule has 4 heterocycles. The Morgan fingerprint density at radius 3 is 2.88 bits per heavy atom. The monoisotopic (exact) mass is 350 g/mol. The van der Waals surface area contributed by atoms with Gasteiger partial charge in [-0.3, -0.25) is 4.79 Å². The number of rotatable bonds is 0. The Morgan fingerprint density at radius 2 is 2.12 bits per heavy atom. The zero-order chi connectivity index (χ0) is 18.0. The first-order valence-corrected chi connectivity index (χ1v) is 9.32. The Kier molecular flexibility index (Phi) is 3.30. The second kappa shape index (κ2) is 5.47. The lowest BCUT2D eigenvalue weighted by molar-refractivity contribution is -0.153. The largest absolute Gasteiger partial charge is 0.460 e. The van der Waals surface area contributed by atoms with Crippen molar-refractivity contribution in [3.8, 4) is 0 Å². The molecule has 0 radical (unpaired) electrons. The smallest absolute Gasteiger partial charge is 0.330 e. The summed E-state index contributed by atoms with van der Waals surface area (Å²) < 4.78 is 7.70. The molecule has 1 amide bonds. The number of aromatic nitrogens is 1. The van der Waals surface area contributed by atoms with E-state index in [-0.39, 0.29) is 29.9 Å². The summed E-state index contributed by atoms with van der Waals surface area (Å²) in [5, 5.41) is 1.21. The van der Waals surface area contributed by atoms with Crippen LogP contribution in [0.5, 0.6) is 0 Å². The van der Waals surface area contributed by atoms with Gasteiger partial charge in [0.25, 0.3) is 0 Å². The molecule has 1 fully saturated rings. The molecule has 0 saturated carbocycles. The van der Waals surface area contributed by atoms with Gasteiger partial charge >= 0.3 is 5.97 Å². The van der Waals surface area contributed by atoms with Crippen molar-refractivity contribution in [2.75, 3.05) is 13.2 Å². The molecule has 3 aliphatic rings. The fraction of sp³-hybridized carbons (Fsp3) is 0.429. The second-order valence-corrected chi connectivity index (χ2v) is 7.49. The van der Waals surface area contributed by atoms with Gasteiger partial charge < -0.3 is 14.2 Å². The fourth-order valence-corrected chi connectivity index (χ4v) is 5.25. The van der Waals surface area contributed by atoms with Crippen molar-refractivity contribution in [3.63, 3.8) is 0 Å². The number of carbonyl (C=O) groups excluding carboxylic acids is 2. The summed E-state index contributed by atoms with van der Waals surface area (Å²) in [5.74, 6) is 0.0428. The summed E-state index contributed by atoms with van der Waals surface area (Å²) in [6.45, 7) is 4.76. The molecule has 3 atom stereocenters. The van der Waals surface area contributed by atoms with Gasteiger partial charge in [0.2, 0.25) is 5.91 Å². The number of esters is 1. The number of hydrogen-bond donors (Lipinski definition) is 0. The molecule has 0 bridgehead atoms. The Bertz CT molecular complexity index is 971. The van der Waals surface area contributed by atoms with Crippen molar-refractivity contribution in [2.24, 2.45) is 5.92 Å². The summed E-state index contributed by atoms with van der Waals surface area (Å²) in [4.78, 5) is 27.1. The second-order valence-electron chi connectivity index (χ2n) is 7.49. The number of hydrogen-bond acceptors (Lipinski definition) is 3. The van der Waals surface area contributed by atoms with Crippen LogP contribution in [0.4, 0.5) is 0 Å². The Morgan fingerprint density at radius 1 is 1.31 bits per heavy atom. The molecule has 0 N–H and O–H groups in total. The van der Waals surface area contributed by atoms with Crippen LogP contribution in [-0.2, 0) is 20.7 Å². The number of fused-ring (bicyclic) bond motifs is 5. The van der Waals surface area contributed by atoms with E-state index in [1.165, 1.54) is 10.9 Å². The number of allylic oxidation sites excluding steroid dienone is 1. The van der Waals surface area contributed by atoms with Crippen molar-refractivity contribution >= 4 is 22.8 Å². The number of cyclic esters (lactones) is 1. The predicted octanol–water partition coefficient (Wildman–Crippen LogP) is 3.15. The molecule has 5 rings (SSSR count). The minimum Gasteiger partial charge on any atom is -0.460 e. The van der Waals surface area contributed by atoms with E-state index in [0.29, 0.717) is 6.61 Å². The van der Waals surface area contributed by atoms with Crippen LogP contribution in [0.1, 0.15) is 43.6 Å². The number of amides is 1. The van der Waals surface area contributed by atoms with Gasteiger partial charge in [-0.25, -0.2) is 4.79 Å². The first-order chi connectivity index (χ1) is 12.6. The molecule has 1 saturated heterocycles. The Hall–Kier alpha value is -2.56. The average molecular weight is 350 g/mol. The van der Waals surface area contributed by atoms with E-state index in [1.807, 2.05) is 24.0 Å². The Balaban J connectivity index is 1.82. The zero-order valence-electron chi connectivity index (χ0n) is 15.1. The summed E-state index contributed by atoms with van der Waals surface area (Å²) in [6, 6.07) is 7.99. The van der Waals surface area contributed by atoms with Crippen LogP contribution >= 0.6 is 0 Å². The third-order valence-electron chi connectivity index (χ3n) is 6.36. The Labute approximate surface area is 152 Å². The maximum Gasteiger partial charge on any atom is 0.330 e. The first-order valence-electron chi connectivity index (χ1n) is 9.32. The van der Waals surface area contributed by atoms with E-state index >= 15 is 0 Å². The number of benzene rings is 1. The molecule has 26 heavy (non-hydrogen) atoms. The normalized spacial score (nSPS) is 28.7. The van der Waals surface area contributed by atoms with Crippen LogP contribution in [0, 0.1) is 5.92 Å². The third-order valence-corrected chi connectivity index (χ3v) is 6.36. The van der Waals surface area contributed by atoms with Gasteiger partial charge in [-0.2, -0.15) is 0 Å². The zero-order valence-corrected chi connectivity index (χ0v) is 15.1. The van der Waals surface area contributed by atoms with Gasteiger partial charge in [0.15, 0.2) is 0 Å². The van der Waals surface area contributed by atoms with Gasteiger partial charge in [0, 0.05) is 36.0 Å². The van der Waals surface area contributed by atoms with E-state index in [9.17, 15) is 9.59 Å². The molecule has 2 aromatic rings. The highest BCUT2D eigenvalue weighted by Crippen LogP contribution is 2.51. The molecule has 1 aromatic heterocycles. The topological polar surface area (TPSA) is 51.5 Å². The quantitative estimate of drug-likeness (QED) is 0.542. The standard InChI is InChI=1S/C21H22N2O3/c1-3-13-11-26-21(25)20-16(13)10-18-19-15(8-9-22(18)12(2)24)14-6-4-5-7-17(14)23(19)20/h3-7,16,18,20H,8-11H2,1-2H3/b13-3+. The van der Waals surface area contributed by atoms with Crippen molar-refractivity contribution in [2.45, 2.75) is 38.8 Å². The number of para-hydroxylation sites is 1. The van der Waals surface area contributed by atoms with E-state index < -0.39 is 0 Å². The van der Waals surface area contributed by atoms with Crippen LogP contribution < -0.4 is 0 Å². The molecular formula is C21H22N2O3. The van der Waals surface area contributed by atoms with Crippen molar-refractivity contribution in [1.29, 1.82) is 0 Å². The highest BCUT2D eigenvalue weighted by molar-refractivity contribution is 5.90. The van der Waals surface area contributed by atoms with E-state index in [1.54, 1.807) is 6.92 Å². The maximum atomic E-state index is 12.8. The van der Waals surface area contributed by atoms with Crippen molar-refractivity contribution in [3.05, 3.63) is 47.2 Å². The van der Waals surface area contributed by atoms with E-state index in [4.69, 9.17) is 4.74 Å². The highest BCUT2D eigenvalue weighted by Gasteiger charge is 2.49. The molecular weight excluding hydrogens is 328 g/mol. The van der Waals surface area contributed by atoms with Gasteiger partial charge in [-0.05, 0) is 37.0 Å². The van der Waals surface area contributed by atoms with Gasteiger partial charge in [-0.15, -0.1) is 0 Å². The summed E-state index contributed by atoms with van der Waals surface area (Å²) >= 11 is 0. The van der Waals surface area contributed by atoms with Gasteiger partial charge in [0.1, 0.15) is 12.6 Å². The van der Waals surface area contributed by atoms with Crippen LogP contribution in [0.15, 0.2) is 35.9 Å². The van der Waals surface area contributed by atoms with Crippen LogP contribution in [-0.4, -0.2) is 34.5 Å². The molecule has 1 aromatic carbocycles. The highest BCUT2D eigenvalue weighted by atomic mass is 16.5. The molecule has 134 valence electrons. The summed E-state index contributed by atoms with van der Waals surface area (Å²) in [7, 11) is 0. The SMILES string of the molecule is C/C=C1\COC(=O)C2C1CC1c3c(c4ccccc4n32)CCN1C(C)=O. The third kappa shape index (κ3) is 1.91. The molecule has 5 heteroatoms. The molecule has 5 nitrogen and oxygen atoms in total. The lowest BCUT2D eigenvalue weighted by atomic mass is 9.78. The lowest BCUT2D eigenvalue weighted by Crippen LogP contribution is -2.48. The molecule has 0 spiro atoms. The van der Waals surface area contributed by atoms with Gasteiger partial charge in [-0.1, -0.05) is 24.3 Å². The van der Waals surface area contributed by atoms with E-state index in [0.717, 1.165) is 36.2 Å². The molecule has 0 aliphatic carbocycles. The van der Waals surface area contributed by atoms with Crippen molar-refractivity contribution < 1.29 is 14.3 Å². The summed E-state index contributed by atoms with van der Waals surface area (Å²) in [6.07, 6.45) is 3.70. The minimum atomic E-state index is -0.327. The van der Waals surface area contributed by atoms with Gasteiger partial charge in [0.05, 0.1) is 6.04 Å². The van der Waals surface area contributed by atoms with Crippen LogP contribution in [0.25, 0.3) is 10.9 Å². The number of nitrogens with zero attached hydrogens (tertiary/aromatic N) is 2. The minimum absolute atomic E-state index is 0.0331. The maximum absolute atomic E-state index is 12.8. The molecule has 3 unspecified atom stereocenters. The van der Waals surface area contributed by atoms with E-state index in [2.05, 4.69) is 22.8 Å².